The average molecular weight is 265 g/mol. The van der Waals surface area contributed by atoms with E-state index >= 15 is 0 Å². The maximum absolute atomic E-state index is 11.5. The van der Waals surface area contributed by atoms with Gasteiger partial charge in [0.1, 0.15) is 17.2 Å². The summed E-state index contributed by atoms with van der Waals surface area (Å²) in [5.41, 5.74) is 0.395. The third-order valence-electron chi connectivity index (χ3n) is 1.69. The van der Waals surface area contributed by atoms with E-state index in [9.17, 15) is 8.42 Å². The number of allylic oxidation sites excluding steroid dienone is 1. The first-order valence-corrected chi connectivity index (χ1v) is 6.82. The van der Waals surface area contributed by atoms with Crippen LogP contribution in [0.25, 0.3) is 0 Å². The minimum atomic E-state index is -3.37. The van der Waals surface area contributed by atoms with Crippen LogP contribution in [0.5, 0.6) is 0 Å². The number of aromatic nitrogens is 1. The molecule has 1 N–H and O–H groups in total. The van der Waals surface area contributed by atoms with Gasteiger partial charge in [-0.15, -0.1) is 11.6 Å². The van der Waals surface area contributed by atoms with Gasteiger partial charge in [-0.25, -0.2) is 13.1 Å². The van der Waals surface area contributed by atoms with Crippen LogP contribution in [0.2, 0.25) is 0 Å². The monoisotopic (exact) mass is 264 g/mol. The van der Waals surface area contributed by atoms with Crippen LogP contribution >= 0.6 is 11.6 Å². The van der Waals surface area contributed by atoms with Crippen molar-refractivity contribution in [2.75, 3.05) is 12.4 Å². The SMILES string of the molecule is Cc1cc(CS(=O)(=O)NC/C=C/CCl)no1. The summed E-state index contributed by atoms with van der Waals surface area (Å²) >= 11 is 5.40. The van der Waals surface area contributed by atoms with Crippen molar-refractivity contribution >= 4 is 21.6 Å². The molecule has 0 atom stereocenters. The lowest BCUT2D eigenvalue weighted by atomic mass is 10.4. The topological polar surface area (TPSA) is 72.2 Å². The fraction of sp³-hybridized carbons (Fsp3) is 0.444. The van der Waals surface area contributed by atoms with Gasteiger partial charge in [-0.1, -0.05) is 17.3 Å². The second-order valence-corrected chi connectivity index (χ2v) is 5.28. The van der Waals surface area contributed by atoms with Crippen LogP contribution in [0.1, 0.15) is 11.5 Å². The third-order valence-corrected chi connectivity index (χ3v) is 3.15. The molecule has 1 rings (SSSR count). The number of nitrogens with zero attached hydrogens (tertiary/aromatic N) is 1. The number of hydrogen-bond donors (Lipinski definition) is 1. The van der Waals surface area contributed by atoms with Crippen LogP contribution in [-0.2, 0) is 15.8 Å². The van der Waals surface area contributed by atoms with Crippen molar-refractivity contribution in [3.63, 3.8) is 0 Å². The minimum absolute atomic E-state index is 0.181. The van der Waals surface area contributed by atoms with Crippen molar-refractivity contribution in [3.05, 3.63) is 29.7 Å². The fourth-order valence-electron chi connectivity index (χ4n) is 1.05. The number of nitrogens with one attached hydrogen (secondary N) is 1. The number of sulfonamides is 1. The molecule has 5 nitrogen and oxygen atoms in total. The Bertz CT molecular complexity index is 453. The van der Waals surface area contributed by atoms with Crippen molar-refractivity contribution in [1.82, 2.24) is 9.88 Å². The molecular formula is C9H13ClN2O3S. The van der Waals surface area contributed by atoms with Crippen LogP contribution in [-0.4, -0.2) is 26.0 Å². The highest BCUT2D eigenvalue weighted by atomic mass is 35.5. The largest absolute Gasteiger partial charge is 0.361 e. The van der Waals surface area contributed by atoms with Gasteiger partial charge in [0.05, 0.1) is 0 Å². The van der Waals surface area contributed by atoms with Crippen LogP contribution in [0.15, 0.2) is 22.7 Å². The normalized spacial score (nSPS) is 12.4. The Kier molecular flexibility index (Phi) is 4.98. The van der Waals surface area contributed by atoms with Crippen LogP contribution in [0.4, 0.5) is 0 Å². The highest BCUT2D eigenvalue weighted by Crippen LogP contribution is 2.05. The van der Waals surface area contributed by atoms with E-state index in [1.165, 1.54) is 0 Å². The summed E-state index contributed by atoms with van der Waals surface area (Å²) in [6.45, 7) is 1.94. The quantitative estimate of drug-likeness (QED) is 0.619. The number of halogens is 1. The van der Waals surface area contributed by atoms with Crippen molar-refractivity contribution in [3.8, 4) is 0 Å². The highest BCUT2D eigenvalue weighted by Gasteiger charge is 2.13. The maximum atomic E-state index is 11.5. The first kappa shape index (κ1) is 13.2. The molecule has 7 heteroatoms. The lowest BCUT2D eigenvalue weighted by molar-refractivity contribution is 0.392. The first-order chi connectivity index (χ1) is 7.53. The maximum Gasteiger partial charge on any atom is 0.217 e. The third kappa shape index (κ3) is 4.78. The molecule has 0 radical (unpaired) electrons. The molecule has 0 aliphatic rings. The van der Waals surface area contributed by atoms with Crippen LogP contribution in [0, 0.1) is 6.92 Å². The zero-order valence-electron chi connectivity index (χ0n) is 8.81. The lowest BCUT2D eigenvalue weighted by Crippen LogP contribution is -2.25. The number of rotatable bonds is 6. The standard InChI is InChI=1S/C9H13ClN2O3S/c1-8-6-9(12-15-8)7-16(13,14)11-5-3-2-4-10/h2-3,6,11H,4-5,7H2,1H3/b3-2+. The smallest absolute Gasteiger partial charge is 0.217 e. The first-order valence-electron chi connectivity index (χ1n) is 4.64. The van der Waals surface area contributed by atoms with Gasteiger partial charge < -0.3 is 4.52 Å². The van der Waals surface area contributed by atoms with Gasteiger partial charge in [-0.3, -0.25) is 0 Å². The van der Waals surface area contributed by atoms with E-state index in [2.05, 4.69) is 9.88 Å². The summed E-state index contributed by atoms with van der Waals surface area (Å²) < 4.78 is 30.2. The second kappa shape index (κ2) is 6.03. The van der Waals surface area contributed by atoms with Gasteiger partial charge in [-0.2, -0.15) is 0 Å². The number of aryl methyl sites for hydroxylation is 1. The van der Waals surface area contributed by atoms with E-state index in [4.69, 9.17) is 16.1 Å². The minimum Gasteiger partial charge on any atom is -0.361 e. The summed E-state index contributed by atoms with van der Waals surface area (Å²) in [6, 6.07) is 1.59. The Hall–Kier alpha value is -0.850. The molecule has 1 heterocycles. The molecular weight excluding hydrogens is 252 g/mol. The van der Waals surface area contributed by atoms with Crippen molar-refractivity contribution < 1.29 is 12.9 Å². The van der Waals surface area contributed by atoms with Gasteiger partial charge in [0, 0.05) is 18.5 Å². The Morgan fingerprint density at radius 3 is 2.88 bits per heavy atom. The van der Waals surface area contributed by atoms with Crippen molar-refractivity contribution in [2.24, 2.45) is 0 Å². The summed E-state index contributed by atoms with van der Waals surface area (Å²) in [4.78, 5) is 0. The summed E-state index contributed by atoms with van der Waals surface area (Å²) in [7, 11) is -3.37. The molecule has 0 fully saturated rings. The Morgan fingerprint density at radius 2 is 2.31 bits per heavy atom. The predicted octanol–water partition coefficient (Wildman–Crippen LogP) is 1.20. The van der Waals surface area contributed by atoms with E-state index in [0.29, 0.717) is 17.3 Å². The molecule has 0 saturated carbocycles. The molecule has 1 aromatic heterocycles. The van der Waals surface area contributed by atoms with Gasteiger partial charge >= 0.3 is 0 Å². The zero-order chi connectivity index (χ0) is 12.0. The van der Waals surface area contributed by atoms with Gasteiger partial charge in [0.15, 0.2) is 0 Å². The highest BCUT2D eigenvalue weighted by molar-refractivity contribution is 7.88. The molecule has 90 valence electrons. The summed E-state index contributed by atoms with van der Waals surface area (Å²) in [5.74, 6) is 0.774. The van der Waals surface area contributed by atoms with Crippen LogP contribution < -0.4 is 4.72 Å². The molecule has 16 heavy (non-hydrogen) atoms. The van der Waals surface area contributed by atoms with E-state index < -0.39 is 10.0 Å². The fourth-order valence-corrected chi connectivity index (χ4v) is 2.16. The Labute approximate surface area is 99.5 Å². The molecule has 0 bridgehead atoms. The molecule has 1 aromatic rings. The molecule has 0 spiro atoms. The van der Waals surface area contributed by atoms with Gasteiger partial charge in [-0.05, 0) is 6.92 Å². The summed E-state index contributed by atoms with van der Waals surface area (Å²) in [5, 5.41) is 3.61. The van der Waals surface area contributed by atoms with E-state index in [1.807, 2.05) is 0 Å². The number of alkyl halides is 1. The molecule has 0 aliphatic carbocycles. The van der Waals surface area contributed by atoms with E-state index in [0.717, 1.165) is 0 Å². The Balaban J connectivity index is 2.49. The van der Waals surface area contributed by atoms with E-state index in [1.54, 1.807) is 25.1 Å². The van der Waals surface area contributed by atoms with E-state index in [-0.39, 0.29) is 12.3 Å². The predicted molar refractivity (Wildman–Crippen MR) is 61.7 cm³/mol. The second-order valence-electron chi connectivity index (χ2n) is 3.16. The van der Waals surface area contributed by atoms with Gasteiger partial charge in [0.25, 0.3) is 0 Å². The molecule has 0 saturated heterocycles. The van der Waals surface area contributed by atoms with Gasteiger partial charge in [0.2, 0.25) is 10.0 Å². The van der Waals surface area contributed by atoms with Crippen LogP contribution in [0.3, 0.4) is 0 Å². The summed E-state index contributed by atoms with van der Waals surface area (Å²) in [6.07, 6.45) is 3.32. The number of hydrogen-bond acceptors (Lipinski definition) is 4. The zero-order valence-corrected chi connectivity index (χ0v) is 10.4. The average Bonchev–Trinajstić information content (AvgIpc) is 2.58. The van der Waals surface area contributed by atoms with Crippen molar-refractivity contribution in [1.29, 1.82) is 0 Å². The molecule has 0 unspecified atom stereocenters. The Morgan fingerprint density at radius 1 is 1.56 bits per heavy atom. The molecule has 0 aromatic carbocycles. The molecule has 0 amide bonds. The van der Waals surface area contributed by atoms with Crippen molar-refractivity contribution in [2.45, 2.75) is 12.7 Å². The lowest BCUT2D eigenvalue weighted by Gasteiger charge is -2.01. The molecule has 0 aliphatic heterocycles.